The number of nitrogens with zero attached hydrogens (tertiary/aromatic N) is 1. The van der Waals surface area contributed by atoms with Gasteiger partial charge in [-0.25, -0.2) is 13.1 Å². The summed E-state index contributed by atoms with van der Waals surface area (Å²) in [7, 11) is -3.58. The molecule has 1 aromatic rings. The van der Waals surface area contributed by atoms with Crippen molar-refractivity contribution in [2.45, 2.75) is 24.7 Å². The van der Waals surface area contributed by atoms with Crippen molar-refractivity contribution in [2.24, 2.45) is 0 Å². The van der Waals surface area contributed by atoms with E-state index in [4.69, 9.17) is 5.11 Å². The zero-order valence-corrected chi connectivity index (χ0v) is 9.54. The molecule has 1 rings (SSSR count). The van der Waals surface area contributed by atoms with Gasteiger partial charge in [0.15, 0.2) is 0 Å². The maximum absolute atomic E-state index is 11.6. The first-order valence-corrected chi connectivity index (χ1v) is 6.13. The second-order valence-corrected chi connectivity index (χ2v) is 4.99. The van der Waals surface area contributed by atoms with E-state index in [-0.39, 0.29) is 24.3 Å². The summed E-state index contributed by atoms with van der Waals surface area (Å²) in [4.78, 5) is 10.3. The van der Waals surface area contributed by atoms with Crippen molar-refractivity contribution in [2.75, 3.05) is 6.54 Å². The number of aryl methyl sites for hydroxylation is 1. The van der Waals surface area contributed by atoms with Crippen molar-refractivity contribution in [3.05, 3.63) is 11.9 Å². The van der Waals surface area contributed by atoms with Gasteiger partial charge < -0.3 is 5.11 Å². The number of carbonyl (C=O) groups is 1. The van der Waals surface area contributed by atoms with E-state index in [0.717, 1.165) is 0 Å². The van der Waals surface area contributed by atoms with E-state index >= 15 is 0 Å². The lowest BCUT2D eigenvalue weighted by Gasteiger charge is -2.04. The maximum atomic E-state index is 11.6. The number of H-pyrrole nitrogens is 1. The summed E-state index contributed by atoms with van der Waals surface area (Å²) in [6.07, 6.45) is 1.41. The van der Waals surface area contributed by atoms with Crippen molar-refractivity contribution in [3.8, 4) is 0 Å². The highest BCUT2D eigenvalue weighted by molar-refractivity contribution is 7.89. The van der Waals surface area contributed by atoms with Crippen molar-refractivity contribution in [3.63, 3.8) is 0 Å². The van der Waals surface area contributed by atoms with Crippen LogP contribution in [0.25, 0.3) is 0 Å². The van der Waals surface area contributed by atoms with Gasteiger partial charge in [0.1, 0.15) is 4.90 Å². The molecule has 7 nitrogen and oxygen atoms in total. The van der Waals surface area contributed by atoms with Gasteiger partial charge in [-0.15, -0.1) is 0 Å². The average molecular weight is 247 g/mol. The van der Waals surface area contributed by atoms with Crippen LogP contribution < -0.4 is 4.72 Å². The van der Waals surface area contributed by atoms with Crippen LogP contribution in [0.4, 0.5) is 0 Å². The molecule has 0 saturated carbocycles. The lowest BCUT2D eigenvalue weighted by molar-refractivity contribution is -0.137. The smallest absolute Gasteiger partial charge is 0.303 e. The molecule has 0 atom stereocenters. The third kappa shape index (κ3) is 3.31. The lowest BCUT2D eigenvalue weighted by atomic mass is 10.3. The molecule has 0 amide bonds. The Bertz CT molecular complexity index is 465. The van der Waals surface area contributed by atoms with Crippen molar-refractivity contribution < 1.29 is 18.3 Å². The predicted octanol–water partition coefficient (Wildman–Crippen LogP) is -0.139. The summed E-state index contributed by atoms with van der Waals surface area (Å²) >= 11 is 0. The second kappa shape index (κ2) is 5.08. The van der Waals surface area contributed by atoms with Crippen LogP contribution in [-0.4, -0.2) is 36.2 Å². The normalized spacial score (nSPS) is 11.6. The van der Waals surface area contributed by atoms with Crippen LogP contribution in [0.3, 0.4) is 0 Å². The van der Waals surface area contributed by atoms with Crippen LogP contribution in [0.1, 0.15) is 18.5 Å². The van der Waals surface area contributed by atoms with Gasteiger partial charge in [0.2, 0.25) is 10.0 Å². The Morgan fingerprint density at radius 3 is 2.81 bits per heavy atom. The summed E-state index contributed by atoms with van der Waals surface area (Å²) in [5, 5.41) is 14.5. The summed E-state index contributed by atoms with van der Waals surface area (Å²) in [5.41, 5.74) is 0.450. The summed E-state index contributed by atoms with van der Waals surface area (Å²) in [6.45, 7) is 1.69. The third-order valence-electron chi connectivity index (χ3n) is 1.93. The number of carboxylic acids is 1. The molecule has 0 aliphatic rings. The topological polar surface area (TPSA) is 112 Å². The number of rotatable bonds is 6. The fourth-order valence-electron chi connectivity index (χ4n) is 1.13. The van der Waals surface area contributed by atoms with Crippen LogP contribution in [0.15, 0.2) is 11.1 Å². The van der Waals surface area contributed by atoms with Crippen molar-refractivity contribution >= 4 is 16.0 Å². The number of carboxylic acid groups (broad SMARTS) is 1. The molecular weight excluding hydrogens is 234 g/mol. The van der Waals surface area contributed by atoms with Gasteiger partial charge in [0.05, 0.1) is 11.9 Å². The molecule has 0 aromatic carbocycles. The van der Waals surface area contributed by atoms with Gasteiger partial charge in [0.25, 0.3) is 0 Å². The Morgan fingerprint density at radius 2 is 2.31 bits per heavy atom. The van der Waals surface area contributed by atoms with Crippen LogP contribution in [0.5, 0.6) is 0 Å². The van der Waals surface area contributed by atoms with Gasteiger partial charge in [-0.1, -0.05) is 0 Å². The Labute approximate surface area is 92.9 Å². The van der Waals surface area contributed by atoms with E-state index in [1.165, 1.54) is 6.20 Å². The molecule has 0 spiro atoms. The van der Waals surface area contributed by atoms with Gasteiger partial charge >= 0.3 is 5.97 Å². The number of hydrogen-bond donors (Lipinski definition) is 3. The number of sulfonamides is 1. The van der Waals surface area contributed by atoms with E-state index in [9.17, 15) is 13.2 Å². The highest BCUT2D eigenvalue weighted by Crippen LogP contribution is 2.10. The van der Waals surface area contributed by atoms with E-state index in [1.807, 2.05) is 0 Å². The molecular formula is C8H13N3O4S. The molecule has 0 aliphatic carbocycles. The second-order valence-electron chi connectivity index (χ2n) is 3.25. The van der Waals surface area contributed by atoms with E-state index in [2.05, 4.69) is 14.9 Å². The molecule has 0 radical (unpaired) electrons. The molecule has 0 bridgehead atoms. The minimum Gasteiger partial charge on any atom is -0.481 e. The fraction of sp³-hybridized carbons (Fsp3) is 0.500. The minimum atomic E-state index is -3.58. The molecule has 0 aliphatic heterocycles. The fourth-order valence-corrected chi connectivity index (χ4v) is 2.34. The standard InChI is InChI=1S/C8H13N3O4S/c1-6-7(5-9-11-6)16(14,15)10-4-2-3-8(12)13/h5,10H,2-4H2,1H3,(H,9,11)(H,12,13). The molecule has 90 valence electrons. The first kappa shape index (κ1) is 12.7. The van der Waals surface area contributed by atoms with Crippen molar-refractivity contribution in [1.29, 1.82) is 0 Å². The largest absolute Gasteiger partial charge is 0.481 e. The first-order chi connectivity index (χ1) is 7.43. The molecule has 3 N–H and O–H groups in total. The van der Waals surface area contributed by atoms with Crippen LogP contribution in [-0.2, 0) is 14.8 Å². The van der Waals surface area contributed by atoms with Crippen LogP contribution in [0.2, 0.25) is 0 Å². The highest BCUT2D eigenvalue weighted by atomic mass is 32.2. The summed E-state index contributed by atoms with van der Waals surface area (Å²) in [5.74, 6) is -0.946. The SMILES string of the molecule is Cc1[nH]ncc1S(=O)(=O)NCCCC(=O)O. The van der Waals surface area contributed by atoms with Crippen LogP contribution in [0, 0.1) is 6.92 Å². The predicted molar refractivity (Wildman–Crippen MR) is 55.4 cm³/mol. The molecule has 0 saturated heterocycles. The minimum absolute atomic E-state index is 0.0626. The monoisotopic (exact) mass is 247 g/mol. The van der Waals surface area contributed by atoms with E-state index in [0.29, 0.717) is 5.69 Å². The number of aromatic amines is 1. The summed E-state index contributed by atoms with van der Waals surface area (Å²) in [6, 6.07) is 0. The maximum Gasteiger partial charge on any atom is 0.303 e. The Hall–Kier alpha value is -1.41. The first-order valence-electron chi connectivity index (χ1n) is 4.65. The van der Waals surface area contributed by atoms with E-state index in [1.54, 1.807) is 6.92 Å². The Balaban J connectivity index is 2.54. The number of hydrogen-bond acceptors (Lipinski definition) is 4. The molecule has 1 aromatic heterocycles. The van der Waals surface area contributed by atoms with Crippen LogP contribution >= 0.6 is 0 Å². The Morgan fingerprint density at radius 1 is 1.62 bits per heavy atom. The lowest BCUT2D eigenvalue weighted by Crippen LogP contribution is -2.25. The van der Waals surface area contributed by atoms with Gasteiger partial charge in [-0.05, 0) is 13.3 Å². The summed E-state index contributed by atoms with van der Waals surface area (Å²) < 4.78 is 25.6. The molecule has 8 heteroatoms. The highest BCUT2D eigenvalue weighted by Gasteiger charge is 2.17. The molecule has 16 heavy (non-hydrogen) atoms. The van der Waals surface area contributed by atoms with Gasteiger partial charge in [0, 0.05) is 13.0 Å². The molecule has 0 fully saturated rings. The zero-order valence-electron chi connectivity index (χ0n) is 8.73. The number of aliphatic carboxylic acids is 1. The van der Waals surface area contributed by atoms with Crippen molar-refractivity contribution in [1.82, 2.24) is 14.9 Å². The Kier molecular flexibility index (Phi) is 4.02. The molecule has 0 unspecified atom stereocenters. The van der Waals surface area contributed by atoms with Gasteiger partial charge in [-0.2, -0.15) is 5.10 Å². The number of aromatic nitrogens is 2. The number of nitrogens with one attached hydrogen (secondary N) is 2. The van der Waals surface area contributed by atoms with E-state index < -0.39 is 16.0 Å². The van der Waals surface area contributed by atoms with Gasteiger partial charge in [-0.3, -0.25) is 9.89 Å². The third-order valence-corrected chi connectivity index (χ3v) is 3.51. The zero-order chi connectivity index (χ0) is 12.2. The average Bonchev–Trinajstić information content (AvgIpc) is 2.59. The quantitative estimate of drug-likeness (QED) is 0.606. The molecule has 1 heterocycles.